The minimum Gasteiger partial charge on any atom is -0.398 e. The van der Waals surface area contributed by atoms with Gasteiger partial charge in [0.25, 0.3) is 0 Å². The van der Waals surface area contributed by atoms with Gasteiger partial charge in [0, 0.05) is 14.8 Å². The number of carbonyl (C=O) groups is 1. The number of nitrogens with two attached hydrogens (primary N) is 1. The van der Waals surface area contributed by atoms with Crippen molar-refractivity contribution >= 4 is 50.0 Å². The van der Waals surface area contributed by atoms with Crippen molar-refractivity contribution < 1.29 is 4.79 Å². The van der Waals surface area contributed by atoms with Crippen molar-refractivity contribution in [3.05, 3.63) is 25.7 Å². The van der Waals surface area contributed by atoms with E-state index in [1.165, 1.54) is 6.92 Å². The Kier molecular flexibility index (Phi) is 3.11. The van der Waals surface area contributed by atoms with Gasteiger partial charge in [0.1, 0.15) is 0 Å². The standard InChI is InChI=1S/C8H7BrINO/c1-4(12)7-5(10)2-3-6(11)8(7)9/h2-3H,11H2,1H3. The minimum absolute atomic E-state index is 0.0265. The van der Waals surface area contributed by atoms with Crippen LogP contribution >= 0.6 is 38.5 Å². The summed E-state index contributed by atoms with van der Waals surface area (Å²) in [7, 11) is 0. The number of hydrogen-bond acceptors (Lipinski definition) is 2. The number of ketones is 1. The van der Waals surface area contributed by atoms with Crippen molar-refractivity contribution in [2.75, 3.05) is 5.73 Å². The van der Waals surface area contributed by atoms with E-state index in [0.29, 0.717) is 15.7 Å². The third-order valence-corrected chi connectivity index (χ3v) is 3.23. The van der Waals surface area contributed by atoms with Crippen LogP contribution in [0.4, 0.5) is 5.69 Å². The number of carbonyl (C=O) groups excluding carboxylic acids is 1. The summed E-state index contributed by atoms with van der Waals surface area (Å²) in [4.78, 5) is 11.1. The van der Waals surface area contributed by atoms with E-state index in [4.69, 9.17) is 5.73 Å². The molecule has 0 amide bonds. The highest BCUT2D eigenvalue weighted by Crippen LogP contribution is 2.28. The molecule has 0 atom stereocenters. The molecule has 0 aliphatic rings. The third-order valence-electron chi connectivity index (χ3n) is 1.47. The quantitative estimate of drug-likeness (QED) is 0.485. The molecule has 1 rings (SSSR count). The van der Waals surface area contributed by atoms with Crippen molar-refractivity contribution in [3.8, 4) is 0 Å². The van der Waals surface area contributed by atoms with E-state index in [1.54, 1.807) is 6.07 Å². The maximum atomic E-state index is 11.1. The zero-order chi connectivity index (χ0) is 9.30. The van der Waals surface area contributed by atoms with Crippen LogP contribution in [-0.4, -0.2) is 5.78 Å². The fourth-order valence-corrected chi connectivity index (χ4v) is 2.72. The number of rotatable bonds is 1. The minimum atomic E-state index is 0.0265. The summed E-state index contributed by atoms with van der Waals surface area (Å²) < 4.78 is 1.61. The molecule has 64 valence electrons. The van der Waals surface area contributed by atoms with Gasteiger partial charge in [-0.1, -0.05) is 0 Å². The Hall–Kier alpha value is -0.100. The molecule has 4 heteroatoms. The van der Waals surface area contributed by atoms with Crippen LogP contribution in [0.25, 0.3) is 0 Å². The summed E-state index contributed by atoms with van der Waals surface area (Å²) in [5.41, 5.74) is 6.89. The van der Waals surface area contributed by atoms with Crippen molar-refractivity contribution in [3.63, 3.8) is 0 Å². The number of nitrogen functional groups attached to an aromatic ring is 1. The topological polar surface area (TPSA) is 43.1 Å². The van der Waals surface area contributed by atoms with E-state index in [1.807, 2.05) is 6.07 Å². The lowest BCUT2D eigenvalue weighted by molar-refractivity contribution is 0.101. The van der Waals surface area contributed by atoms with Crippen LogP contribution in [0.5, 0.6) is 0 Å². The number of halogens is 2. The molecular weight excluding hydrogens is 333 g/mol. The van der Waals surface area contributed by atoms with Gasteiger partial charge in [0.2, 0.25) is 0 Å². The predicted molar refractivity (Wildman–Crippen MR) is 61.3 cm³/mol. The second-order valence-electron chi connectivity index (χ2n) is 2.38. The lowest BCUT2D eigenvalue weighted by atomic mass is 10.1. The number of Topliss-reactive ketones (excluding diaryl/α,β-unsaturated/α-hetero) is 1. The molecule has 0 heterocycles. The molecule has 0 unspecified atom stereocenters. The van der Waals surface area contributed by atoms with Crippen molar-refractivity contribution in [1.82, 2.24) is 0 Å². The monoisotopic (exact) mass is 339 g/mol. The number of benzene rings is 1. The largest absolute Gasteiger partial charge is 0.398 e. The molecule has 0 aliphatic heterocycles. The first-order chi connectivity index (χ1) is 5.54. The highest BCUT2D eigenvalue weighted by atomic mass is 127. The maximum Gasteiger partial charge on any atom is 0.162 e. The van der Waals surface area contributed by atoms with E-state index in [0.717, 1.165) is 3.57 Å². The van der Waals surface area contributed by atoms with Gasteiger partial charge in [-0.05, 0) is 57.6 Å². The first-order valence-corrected chi connectivity index (χ1v) is 5.15. The van der Waals surface area contributed by atoms with Crippen LogP contribution in [0.1, 0.15) is 17.3 Å². The van der Waals surface area contributed by atoms with Gasteiger partial charge in [0.05, 0.1) is 4.47 Å². The van der Waals surface area contributed by atoms with Crippen LogP contribution < -0.4 is 5.73 Å². The van der Waals surface area contributed by atoms with Crippen molar-refractivity contribution in [1.29, 1.82) is 0 Å². The van der Waals surface area contributed by atoms with Gasteiger partial charge in [-0.25, -0.2) is 0 Å². The Morgan fingerprint density at radius 1 is 1.58 bits per heavy atom. The van der Waals surface area contributed by atoms with E-state index in [2.05, 4.69) is 38.5 Å². The summed E-state index contributed by atoms with van der Waals surface area (Å²) in [6.45, 7) is 1.53. The van der Waals surface area contributed by atoms with Crippen LogP contribution in [0.2, 0.25) is 0 Å². The van der Waals surface area contributed by atoms with Gasteiger partial charge in [-0.2, -0.15) is 0 Å². The summed E-state index contributed by atoms with van der Waals surface area (Å²) in [6.07, 6.45) is 0. The van der Waals surface area contributed by atoms with Crippen LogP contribution in [0.15, 0.2) is 16.6 Å². The molecule has 0 spiro atoms. The van der Waals surface area contributed by atoms with Crippen LogP contribution in [0, 0.1) is 3.57 Å². The summed E-state index contributed by atoms with van der Waals surface area (Å²) >= 11 is 5.39. The highest BCUT2D eigenvalue weighted by molar-refractivity contribution is 14.1. The molecule has 0 fully saturated rings. The fourth-order valence-electron chi connectivity index (χ4n) is 0.891. The molecular formula is C8H7BrINO. The lowest BCUT2D eigenvalue weighted by Gasteiger charge is -2.05. The Labute approximate surface area is 92.8 Å². The van der Waals surface area contributed by atoms with Crippen LogP contribution in [-0.2, 0) is 0 Å². The molecule has 0 aromatic heterocycles. The highest BCUT2D eigenvalue weighted by Gasteiger charge is 2.11. The maximum absolute atomic E-state index is 11.1. The number of anilines is 1. The molecule has 0 saturated carbocycles. The van der Waals surface area contributed by atoms with Gasteiger partial charge in [-0.15, -0.1) is 0 Å². The molecule has 0 bridgehead atoms. The Balaban J connectivity index is 3.43. The zero-order valence-corrected chi connectivity index (χ0v) is 10.1. The first kappa shape index (κ1) is 9.98. The summed E-state index contributed by atoms with van der Waals surface area (Å²) in [5, 5.41) is 0. The first-order valence-electron chi connectivity index (χ1n) is 3.28. The molecule has 1 aromatic carbocycles. The van der Waals surface area contributed by atoms with Gasteiger partial charge < -0.3 is 5.73 Å². The smallest absolute Gasteiger partial charge is 0.162 e. The zero-order valence-electron chi connectivity index (χ0n) is 6.40. The third kappa shape index (κ3) is 1.80. The molecule has 2 nitrogen and oxygen atoms in total. The summed E-state index contributed by atoms with van der Waals surface area (Å²) in [5.74, 6) is 0.0265. The Bertz CT molecular complexity index is 338. The average Bonchev–Trinajstić information content (AvgIpc) is 1.97. The lowest BCUT2D eigenvalue weighted by Crippen LogP contribution is -2.00. The molecule has 0 aliphatic carbocycles. The predicted octanol–water partition coefficient (Wildman–Crippen LogP) is 2.84. The van der Waals surface area contributed by atoms with Gasteiger partial charge >= 0.3 is 0 Å². The fraction of sp³-hybridized carbons (Fsp3) is 0.125. The van der Waals surface area contributed by atoms with Crippen LogP contribution in [0.3, 0.4) is 0 Å². The average molecular weight is 340 g/mol. The molecule has 0 saturated heterocycles. The summed E-state index contributed by atoms with van der Waals surface area (Å²) in [6, 6.07) is 3.61. The van der Waals surface area contributed by atoms with Crippen molar-refractivity contribution in [2.45, 2.75) is 6.92 Å². The van der Waals surface area contributed by atoms with E-state index >= 15 is 0 Å². The second kappa shape index (κ2) is 3.74. The molecule has 0 radical (unpaired) electrons. The molecule has 12 heavy (non-hydrogen) atoms. The SMILES string of the molecule is CC(=O)c1c(I)ccc(N)c1Br. The molecule has 1 aromatic rings. The van der Waals surface area contributed by atoms with Gasteiger partial charge in [0.15, 0.2) is 5.78 Å². The van der Waals surface area contributed by atoms with E-state index in [-0.39, 0.29) is 5.78 Å². The van der Waals surface area contributed by atoms with Gasteiger partial charge in [-0.3, -0.25) is 4.79 Å². The Morgan fingerprint density at radius 2 is 2.17 bits per heavy atom. The Morgan fingerprint density at radius 3 is 2.58 bits per heavy atom. The number of hydrogen-bond donors (Lipinski definition) is 1. The van der Waals surface area contributed by atoms with Crippen molar-refractivity contribution in [2.24, 2.45) is 0 Å². The molecule has 2 N–H and O–H groups in total. The van der Waals surface area contributed by atoms with E-state index < -0.39 is 0 Å². The van der Waals surface area contributed by atoms with E-state index in [9.17, 15) is 4.79 Å². The second-order valence-corrected chi connectivity index (χ2v) is 4.34. The normalized spacial score (nSPS) is 9.92.